The van der Waals surface area contributed by atoms with Gasteiger partial charge in [0.25, 0.3) is 5.91 Å². The summed E-state index contributed by atoms with van der Waals surface area (Å²) in [7, 11) is 0. The molecule has 4 heterocycles. The molecule has 1 amide bonds. The van der Waals surface area contributed by atoms with Crippen molar-refractivity contribution in [2.24, 2.45) is 0 Å². The van der Waals surface area contributed by atoms with E-state index in [2.05, 4.69) is 21.3 Å². The number of nitrogens with zero attached hydrogens (tertiary/aromatic N) is 3. The Balaban J connectivity index is 1.39. The van der Waals surface area contributed by atoms with Crippen LogP contribution < -0.4 is 5.32 Å². The fourth-order valence-corrected chi connectivity index (χ4v) is 4.27. The second-order valence-corrected chi connectivity index (χ2v) is 8.10. The molecule has 0 aromatic carbocycles. The summed E-state index contributed by atoms with van der Waals surface area (Å²) in [6.45, 7) is 6.24. The highest BCUT2D eigenvalue weighted by molar-refractivity contribution is 5.95. The summed E-state index contributed by atoms with van der Waals surface area (Å²) in [4.78, 5) is 24.5. The zero-order chi connectivity index (χ0) is 20.1. The Morgan fingerprint density at radius 1 is 1.21 bits per heavy atom. The van der Waals surface area contributed by atoms with E-state index in [0.717, 1.165) is 74.6 Å². The standard InChI is InChI=1S/C23H30N4O2/c1-17-7-8-21(23(28)25-15-20-6-4-14-29-20)22(26-17)18-9-12-27(13-10-18)16-19-5-2-3-11-24-19/h2-3,5,7-8,11,18,20H,4,6,9-10,12-16H2,1H3,(H,25,28)/t20-/m1/s1. The molecule has 2 aromatic heterocycles. The van der Waals surface area contributed by atoms with Crippen LogP contribution in [0.4, 0.5) is 0 Å². The van der Waals surface area contributed by atoms with Gasteiger partial charge in [-0.15, -0.1) is 0 Å². The number of carbonyl (C=O) groups is 1. The van der Waals surface area contributed by atoms with Crippen LogP contribution >= 0.6 is 0 Å². The number of hydrogen-bond donors (Lipinski definition) is 1. The number of pyridine rings is 2. The largest absolute Gasteiger partial charge is 0.376 e. The van der Waals surface area contributed by atoms with Gasteiger partial charge >= 0.3 is 0 Å². The molecule has 6 nitrogen and oxygen atoms in total. The van der Waals surface area contributed by atoms with Crippen molar-refractivity contribution < 1.29 is 9.53 Å². The molecule has 2 fully saturated rings. The van der Waals surface area contributed by atoms with Crippen LogP contribution in [0.5, 0.6) is 0 Å². The molecule has 1 N–H and O–H groups in total. The molecular weight excluding hydrogens is 364 g/mol. The maximum atomic E-state index is 12.9. The van der Waals surface area contributed by atoms with E-state index in [-0.39, 0.29) is 12.0 Å². The Hall–Kier alpha value is -2.31. The third kappa shape index (κ3) is 5.19. The van der Waals surface area contributed by atoms with Gasteiger partial charge in [-0.2, -0.15) is 0 Å². The highest BCUT2D eigenvalue weighted by Gasteiger charge is 2.26. The van der Waals surface area contributed by atoms with E-state index < -0.39 is 0 Å². The fraction of sp³-hybridized carbons (Fsp3) is 0.522. The van der Waals surface area contributed by atoms with Crippen molar-refractivity contribution >= 4 is 5.91 Å². The lowest BCUT2D eigenvalue weighted by Crippen LogP contribution is -2.35. The highest BCUT2D eigenvalue weighted by Crippen LogP contribution is 2.30. The van der Waals surface area contributed by atoms with Gasteiger partial charge in [-0.05, 0) is 70.0 Å². The van der Waals surface area contributed by atoms with Crippen molar-refractivity contribution in [2.75, 3.05) is 26.2 Å². The van der Waals surface area contributed by atoms with Crippen LogP contribution in [0.25, 0.3) is 0 Å². The maximum absolute atomic E-state index is 12.9. The highest BCUT2D eigenvalue weighted by atomic mass is 16.5. The SMILES string of the molecule is Cc1ccc(C(=O)NC[C@H]2CCCO2)c(C2CCN(Cc3ccccn3)CC2)n1. The average Bonchev–Trinajstić information content (AvgIpc) is 3.27. The van der Waals surface area contributed by atoms with Gasteiger partial charge in [0, 0.05) is 37.5 Å². The Kier molecular flexibility index (Phi) is 6.52. The first-order chi connectivity index (χ1) is 14.2. The summed E-state index contributed by atoms with van der Waals surface area (Å²) in [5.74, 6) is 0.289. The minimum absolute atomic E-state index is 0.0288. The molecule has 0 unspecified atom stereocenters. The van der Waals surface area contributed by atoms with Crippen LogP contribution in [-0.2, 0) is 11.3 Å². The lowest BCUT2D eigenvalue weighted by molar-refractivity contribution is 0.0855. The Morgan fingerprint density at radius 2 is 2.07 bits per heavy atom. The predicted octanol–water partition coefficient (Wildman–Crippen LogP) is 3.07. The molecule has 0 spiro atoms. The van der Waals surface area contributed by atoms with E-state index in [9.17, 15) is 4.79 Å². The monoisotopic (exact) mass is 394 g/mol. The maximum Gasteiger partial charge on any atom is 0.253 e. The topological polar surface area (TPSA) is 67.3 Å². The lowest BCUT2D eigenvalue weighted by atomic mass is 9.89. The van der Waals surface area contributed by atoms with Crippen LogP contribution in [-0.4, -0.2) is 53.1 Å². The number of carbonyl (C=O) groups excluding carboxylic acids is 1. The number of hydrogen-bond acceptors (Lipinski definition) is 5. The Morgan fingerprint density at radius 3 is 2.79 bits per heavy atom. The smallest absolute Gasteiger partial charge is 0.253 e. The average molecular weight is 395 g/mol. The van der Waals surface area contributed by atoms with E-state index in [0.29, 0.717) is 12.5 Å². The number of amides is 1. The van der Waals surface area contributed by atoms with Crippen LogP contribution in [0.3, 0.4) is 0 Å². The number of ether oxygens (including phenoxy) is 1. The van der Waals surface area contributed by atoms with Gasteiger partial charge in [0.15, 0.2) is 0 Å². The molecule has 0 saturated carbocycles. The van der Waals surface area contributed by atoms with Gasteiger partial charge in [0.05, 0.1) is 23.1 Å². The normalized spacial score (nSPS) is 20.7. The van der Waals surface area contributed by atoms with Gasteiger partial charge in [0.2, 0.25) is 0 Å². The second kappa shape index (κ2) is 9.46. The first-order valence-corrected chi connectivity index (χ1v) is 10.7. The molecule has 29 heavy (non-hydrogen) atoms. The van der Waals surface area contributed by atoms with E-state index in [4.69, 9.17) is 9.72 Å². The molecule has 2 aliphatic rings. The van der Waals surface area contributed by atoms with Gasteiger partial charge in [0.1, 0.15) is 0 Å². The lowest BCUT2D eigenvalue weighted by Gasteiger charge is -2.32. The zero-order valence-electron chi connectivity index (χ0n) is 17.1. The van der Waals surface area contributed by atoms with Gasteiger partial charge in [-0.3, -0.25) is 19.7 Å². The van der Waals surface area contributed by atoms with Gasteiger partial charge < -0.3 is 10.1 Å². The van der Waals surface area contributed by atoms with Gasteiger partial charge in [-0.25, -0.2) is 0 Å². The van der Waals surface area contributed by atoms with Crippen LogP contribution in [0, 0.1) is 6.92 Å². The molecule has 2 aliphatic heterocycles. The molecule has 2 saturated heterocycles. The number of rotatable bonds is 6. The van der Waals surface area contributed by atoms with Crippen molar-refractivity contribution in [1.29, 1.82) is 0 Å². The third-order valence-corrected chi connectivity index (χ3v) is 5.91. The minimum atomic E-state index is -0.0288. The van der Waals surface area contributed by atoms with Gasteiger partial charge in [-0.1, -0.05) is 6.07 Å². The Bertz CT molecular complexity index is 813. The summed E-state index contributed by atoms with van der Waals surface area (Å²) >= 11 is 0. The number of aryl methyl sites for hydroxylation is 1. The number of likely N-dealkylation sites (tertiary alicyclic amines) is 1. The second-order valence-electron chi connectivity index (χ2n) is 8.10. The number of nitrogens with one attached hydrogen (secondary N) is 1. The summed E-state index contributed by atoms with van der Waals surface area (Å²) in [5, 5.41) is 3.06. The molecule has 6 heteroatoms. The first kappa shape index (κ1) is 20.0. The van der Waals surface area contributed by atoms with Crippen molar-refractivity contribution in [3.63, 3.8) is 0 Å². The summed E-state index contributed by atoms with van der Waals surface area (Å²) in [6, 6.07) is 9.92. The number of piperidine rings is 1. The number of aromatic nitrogens is 2. The quantitative estimate of drug-likeness (QED) is 0.816. The molecule has 154 valence electrons. The van der Waals surface area contributed by atoms with E-state index >= 15 is 0 Å². The summed E-state index contributed by atoms with van der Waals surface area (Å²) in [5.41, 5.74) is 3.74. The molecular formula is C23H30N4O2. The Labute approximate surface area is 172 Å². The van der Waals surface area contributed by atoms with Crippen LogP contribution in [0.2, 0.25) is 0 Å². The van der Waals surface area contributed by atoms with Crippen LogP contribution in [0.1, 0.15) is 59.0 Å². The van der Waals surface area contributed by atoms with Crippen LogP contribution in [0.15, 0.2) is 36.5 Å². The van der Waals surface area contributed by atoms with Crippen molar-refractivity contribution in [3.8, 4) is 0 Å². The molecule has 0 bridgehead atoms. The zero-order valence-corrected chi connectivity index (χ0v) is 17.1. The van der Waals surface area contributed by atoms with E-state index in [1.807, 2.05) is 37.4 Å². The van der Waals surface area contributed by atoms with E-state index in [1.165, 1.54) is 0 Å². The van der Waals surface area contributed by atoms with Crippen molar-refractivity contribution in [3.05, 3.63) is 59.2 Å². The molecule has 0 aliphatic carbocycles. The van der Waals surface area contributed by atoms with Crippen molar-refractivity contribution in [1.82, 2.24) is 20.2 Å². The fourth-order valence-electron chi connectivity index (χ4n) is 4.27. The molecule has 2 aromatic rings. The molecule has 1 atom stereocenters. The van der Waals surface area contributed by atoms with E-state index in [1.54, 1.807) is 0 Å². The molecule has 0 radical (unpaired) electrons. The molecule has 4 rings (SSSR count). The summed E-state index contributed by atoms with van der Waals surface area (Å²) < 4.78 is 5.62. The first-order valence-electron chi connectivity index (χ1n) is 10.7. The summed E-state index contributed by atoms with van der Waals surface area (Å²) in [6.07, 6.45) is 6.11. The third-order valence-electron chi connectivity index (χ3n) is 5.91. The van der Waals surface area contributed by atoms with Crippen molar-refractivity contribution in [2.45, 2.75) is 51.2 Å². The minimum Gasteiger partial charge on any atom is -0.376 e. The predicted molar refractivity (Wildman–Crippen MR) is 112 cm³/mol.